The zero-order valence-corrected chi connectivity index (χ0v) is 11.7. The van der Waals surface area contributed by atoms with Crippen molar-refractivity contribution in [2.24, 2.45) is 0 Å². The molecule has 0 fully saturated rings. The van der Waals surface area contributed by atoms with Gasteiger partial charge in [-0.3, -0.25) is 4.98 Å². The van der Waals surface area contributed by atoms with E-state index in [1.165, 1.54) is 0 Å². The molecule has 0 radical (unpaired) electrons. The molecule has 1 aromatic carbocycles. The first kappa shape index (κ1) is 12.5. The SMILES string of the molecule is Cc1nc(-c2ccc(-c3cccc(C#N)c3)nc2)cs1. The van der Waals surface area contributed by atoms with Crippen LogP contribution in [0.2, 0.25) is 0 Å². The fourth-order valence-corrected chi connectivity index (χ4v) is 2.58. The lowest BCUT2D eigenvalue weighted by Gasteiger charge is -2.02. The van der Waals surface area contributed by atoms with E-state index in [1.807, 2.05) is 48.8 Å². The second kappa shape index (κ2) is 5.24. The highest BCUT2D eigenvalue weighted by molar-refractivity contribution is 7.09. The predicted molar refractivity (Wildman–Crippen MR) is 80.2 cm³/mol. The van der Waals surface area contributed by atoms with E-state index < -0.39 is 0 Å². The van der Waals surface area contributed by atoms with E-state index >= 15 is 0 Å². The summed E-state index contributed by atoms with van der Waals surface area (Å²) in [6.07, 6.45) is 1.82. The Bertz CT molecular complexity index is 782. The van der Waals surface area contributed by atoms with Crippen molar-refractivity contribution in [3.05, 3.63) is 58.5 Å². The molecule has 0 aliphatic heterocycles. The van der Waals surface area contributed by atoms with Crippen LogP contribution in [0, 0.1) is 18.3 Å². The number of hydrogen-bond donors (Lipinski definition) is 0. The monoisotopic (exact) mass is 277 g/mol. The Hall–Kier alpha value is -2.51. The van der Waals surface area contributed by atoms with Crippen LogP contribution in [0.25, 0.3) is 22.5 Å². The summed E-state index contributed by atoms with van der Waals surface area (Å²) >= 11 is 1.63. The molecule has 0 aliphatic carbocycles. The van der Waals surface area contributed by atoms with E-state index in [0.29, 0.717) is 5.56 Å². The third-order valence-corrected chi connectivity index (χ3v) is 3.74. The van der Waals surface area contributed by atoms with Crippen molar-refractivity contribution >= 4 is 11.3 Å². The number of hydrogen-bond acceptors (Lipinski definition) is 4. The van der Waals surface area contributed by atoms with Crippen molar-refractivity contribution in [2.45, 2.75) is 6.92 Å². The van der Waals surface area contributed by atoms with Gasteiger partial charge in [0.15, 0.2) is 0 Å². The van der Waals surface area contributed by atoms with Gasteiger partial charge in [0, 0.05) is 22.7 Å². The maximum absolute atomic E-state index is 8.93. The first-order valence-corrected chi connectivity index (χ1v) is 7.03. The summed E-state index contributed by atoms with van der Waals surface area (Å²) in [4.78, 5) is 8.91. The smallest absolute Gasteiger partial charge is 0.0991 e. The van der Waals surface area contributed by atoms with Crippen molar-refractivity contribution in [1.82, 2.24) is 9.97 Å². The van der Waals surface area contributed by atoms with Crippen LogP contribution >= 0.6 is 11.3 Å². The Labute approximate surface area is 121 Å². The number of aryl methyl sites for hydroxylation is 1. The van der Waals surface area contributed by atoms with Gasteiger partial charge < -0.3 is 0 Å². The van der Waals surface area contributed by atoms with Crippen molar-refractivity contribution in [3.63, 3.8) is 0 Å². The van der Waals surface area contributed by atoms with Gasteiger partial charge in [0.05, 0.1) is 28.0 Å². The lowest BCUT2D eigenvalue weighted by Crippen LogP contribution is -1.86. The summed E-state index contributed by atoms with van der Waals surface area (Å²) in [7, 11) is 0. The average Bonchev–Trinajstić information content (AvgIpc) is 2.94. The number of nitriles is 1. The molecule has 0 spiro atoms. The largest absolute Gasteiger partial charge is 0.256 e. The van der Waals surface area contributed by atoms with Crippen molar-refractivity contribution < 1.29 is 0 Å². The number of nitrogens with zero attached hydrogens (tertiary/aromatic N) is 3. The Morgan fingerprint density at radius 3 is 2.65 bits per heavy atom. The van der Waals surface area contributed by atoms with Gasteiger partial charge in [-0.05, 0) is 31.2 Å². The molecule has 0 saturated carbocycles. The summed E-state index contributed by atoms with van der Waals surface area (Å²) in [5, 5.41) is 12.0. The number of thiazole rings is 1. The van der Waals surface area contributed by atoms with Gasteiger partial charge in [-0.1, -0.05) is 12.1 Å². The molecule has 2 aromatic heterocycles. The van der Waals surface area contributed by atoms with Crippen molar-refractivity contribution in [3.8, 4) is 28.6 Å². The molecule has 0 atom stereocenters. The maximum Gasteiger partial charge on any atom is 0.0991 e. The summed E-state index contributed by atoms with van der Waals surface area (Å²) < 4.78 is 0. The van der Waals surface area contributed by atoms with Crippen LogP contribution < -0.4 is 0 Å². The van der Waals surface area contributed by atoms with Crippen LogP contribution in [-0.4, -0.2) is 9.97 Å². The molecular weight excluding hydrogens is 266 g/mol. The number of pyridine rings is 1. The van der Waals surface area contributed by atoms with Gasteiger partial charge in [0.1, 0.15) is 0 Å². The van der Waals surface area contributed by atoms with E-state index in [2.05, 4.69) is 16.0 Å². The molecule has 0 unspecified atom stereocenters. The summed E-state index contributed by atoms with van der Waals surface area (Å²) in [6.45, 7) is 1.99. The van der Waals surface area contributed by atoms with Gasteiger partial charge in [0.2, 0.25) is 0 Å². The minimum atomic E-state index is 0.642. The highest BCUT2D eigenvalue weighted by Gasteiger charge is 2.04. The van der Waals surface area contributed by atoms with Gasteiger partial charge in [-0.25, -0.2) is 4.98 Å². The van der Waals surface area contributed by atoms with E-state index in [4.69, 9.17) is 5.26 Å². The van der Waals surface area contributed by atoms with Crippen LogP contribution in [0.5, 0.6) is 0 Å². The zero-order chi connectivity index (χ0) is 13.9. The third-order valence-electron chi connectivity index (χ3n) is 2.97. The summed E-state index contributed by atoms with van der Waals surface area (Å²) in [5.41, 5.74) is 4.42. The van der Waals surface area contributed by atoms with Crippen LogP contribution in [0.4, 0.5) is 0 Å². The fraction of sp³-hybridized carbons (Fsp3) is 0.0625. The third kappa shape index (κ3) is 2.44. The number of aromatic nitrogens is 2. The minimum Gasteiger partial charge on any atom is -0.256 e. The second-order valence-electron chi connectivity index (χ2n) is 4.38. The van der Waals surface area contributed by atoms with Gasteiger partial charge in [0.25, 0.3) is 0 Å². The van der Waals surface area contributed by atoms with Crippen LogP contribution in [0.3, 0.4) is 0 Å². The average molecular weight is 277 g/mol. The van der Waals surface area contributed by atoms with Gasteiger partial charge in [-0.15, -0.1) is 11.3 Å². The molecule has 4 heteroatoms. The van der Waals surface area contributed by atoms with Crippen LogP contribution in [0.15, 0.2) is 48.0 Å². The molecule has 0 N–H and O–H groups in total. The molecule has 96 valence electrons. The van der Waals surface area contributed by atoms with Crippen LogP contribution in [0.1, 0.15) is 10.6 Å². The second-order valence-corrected chi connectivity index (χ2v) is 5.44. The zero-order valence-electron chi connectivity index (χ0n) is 10.9. The van der Waals surface area contributed by atoms with Crippen molar-refractivity contribution in [2.75, 3.05) is 0 Å². The molecule has 0 bridgehead atoms. The molecule has 20 heavy (non-hydrogen) atoms. The molecule has 2 heterocycles. The molecule has 3 aromatic rings. The van der Waals surface area contributed by atoms with Gasteiger partial charge in [-0.2, -0.15) is 5.26 Å². The first-order chi connectivity index (χ1) is 9.76. The lowest BCUT2D eigenvalue weighted by atomic mass is 10.1. The Morgan fingerprint density at radius 2 is 2.00 bits per heavy atom. The Kier molecular flexibility index (Phi) is 3.28. The molecular formula is C16H11N3S. The van der Waals surface area contributed by atoms with Crippen LogP contribution in [-0.2, 0) is 0 Å². The maximum atomic E-state index is 8.93. The highest BCUT2D eigenvalue weighted by Crippen LogP contribution is 2.24. The van der Waals surface area contributed by atoms with E-state index in [9.17, 15) is 0 Å². The molecule has 3 nitrogen and oxygen atoms in total. The molecule has 3 rings (SSSR count). The highest BCUT2D eigenvalue weighted by atomic mass is 32.1. The predicted octanol–water partition coefficient (Wildman–Crippen LogP) is 4.05. The standard InChI is InChI=1S/C16H11N3S/c1-11-19-16(10-20-11)14-5-6-15(18-9-14)13-4-2-3-12(7-13)8-17/h2-7,9-10H,1H3. The topological polar surface area (TPSA) is 49.6 Å². The summed E-state index contributed by atoms with van der Waals surface area (Å²) in [5.74, 6) is 0. The summed E-state index contributed by atoms with van der Waals surface area (Å²) in [6, 6.07) is 13.6. The van der Waals surface area contributed by atoms with E-state index in [1.54, 1.807) is 17.4 Å². The molecule has 0 aliphatic rings. The quantitative estimate of drug-likeness (QED) is 0.710. The van der Waals surface area contributed by atoms with Crippen molar-refractivity contribution in [1.29, 1.82) is 5.26 Å². The minimum absolute atomic E-state index is 0.642. The van der Waals surface area contributed by atoms with E-state index in [0.717, 1.165) is 27.5 Å². The Balaban J connectivity index is 1.95. The Morgan fingerprint density at radius 1 is 1.10 bits per heavy atom. The normalized spacial score (nSPS) is 10.2. The molecule has 0 amide bonds. The van der Waals surface area contributed by atoms with E-state index in [-0.39, 0.29) is 0 Å². The number of rotatable bonds is 2. The van der Waals surface area contributed by atoms with Gasteiger partial charge >= 0.3 is 0 Å². The lowest BCUT2D eigenvalue weighted by molar-refractivity contribution is 1.27. The first-order valence-electron chi connectivity index (χ1n) is 6.15. The fourth-order valence-electron chi connectivity index (χ4n) is 1.96. The molecule has 0 saturated heterocycles. The number of benzene rings is 1.